The molecule has 1 heterocycles. The molecule has 3 nitrogen and oxygen atoms in total. The minimum absolute atomic E-state index is 0.0130. The molecule has 0 aromatic heterocycles. The average molecular weight is 267 g/mol. The molecule has 1 amide bonds. The second-order valence-electron chi connectivity index (χ2n) is 5.13. The van der Waals surface area contributed by atoms with Gasteiger partial charge in [-0.25, -0.2) is 13.8 Å². The van der Waals surface area contributed by atoms with E-state index in [2.05, 4.69) is 0 Å². The summed E-state index contributed by atoms with van der Waals surface area (Å²) in [5.74, 6) is -1.30. The Hall–Kier alpha value is -1.49. The molecule has 1 saturated heterocycles. The van der Waals surface area contributed by atoms with Crippen molar-refractivity contribution in [2.45, 2.75) is 31.7 Å². The molecule has 19 heavy (non-hydrogen) atoms. The van der Waals surface area contributed by atoms with Crippen molar-refractivity contribution in [1.29, 1.82) is 0 Å². The minimum atomic E-state index is -0.627. The van der Waals surface area contributed by atoms with Crippen LogP contribution < -0.4 is 0 Å². The Morgan fingerprint density at radius 3 is 2.42 bits per heavy atom. The molecule has 0 N–H and O–H groups in total. The summed E-state index contributed by atoms with van der Waals surface area (Å²) in [6.45, 7) is 0.404. The van der Waals surface area contributed by atoms with E-state index in [0.29, 0.717) is 18.6 Å². The number of carbonyl (C=O) groups is 1. The van der Waals surface area contributed by atoms with E-state index < -0.39 is 11.6 Å². The van der Waals surface area contributed by atoms with Crippen LogP contribution in [0.5, 0.6) is 0 Å². The fourth-order valence-electron chi connectivity index (χ4n) is 2.59. The van der Waals surface area contributed by atoms with Gasteiger partial charge >= 0.3 is 0 Å². The summed E-state index contributed by atoms with van der Waals surface area (Å²) in [6, 6.07) is 2.99. The van der Waals surface area contributed by atoms with Gasteiger partial charge in [0.15, 0.2) is 0 Å². The number of amides is 1. The normalized spacial score (nSPS) is 23.5. The van der Waals surface area contributed by atoms with Crippen molar-refractivity contribution in [2.75, 3.05) is 6.61 Å². The quantitative estimate of drug-likeness (QED) is 0.824. The average Bonchev–Trinajstić information content (AvgIpc) is 2.73. The van der Waals surface area contributed by atoms with E-state index in [4.69, 9.17) is 4.84 Å². The summed E-state index contributed by atoms with van der Waals surface area (Å²) in [4.78, 5) is 17.6. The Bertz CT molecular complexity index is 482. The lowest BCUT2D eigenvalue weighted by Gasteiger charge is -2.31. The fourth-order valence-corrected chi connectivity index (χ4v) is 2.59. The Morgan fingerprint density at radius 1 is 1.16 bits per heavy atom. The molecule has 1 aromatic carbocycles. The second-order valence-corrected chi connectivity index (χ2v) is 5.13. The first-order valence-corrected chi connectivity index (χ1v) is 6.57. The van der Waals surface area contributed by atoms with E-state index in [1.807, 2.05) is 0 Å². The number of carbonyl (C=O) groups excluding carboxylic acids is 1. The van der Waals surface area contributed by atoms with Gasteiger partial charge in [-0.05, 0) is 30.5 Å². The Morgan fingerprint density at radius 2 is 1.84 bits per heavy atom. The largest absolute Gasteiger partial charge is 0.272 e. The van der Waals surface area contributed by atoms with Crippen LogP contribution in [0.4, 0.5) is 8.78 Å². The highest BCUT2D eigenvalue weighted by Crippen LogP contribution is 2.36. The van der Waals surface area contributed by atoms with Crippen molar-refractivity contribution in [3.63, 3.8) is 0 Å². The van der Waals surface area contributed by atoms with Crippen molar-refractivity contribution in [2.24, 2.45) is 5.92 Å². The third kappa shape index (κ3) is 2.34. The van der Waals surface area contributed by atoms with Gasteiger partial charge in [-0.3, -0.25) is 9.63 Å². The number of hydroxylamine groups is 2. The second kappa shape index (κ2) is 4.89. The van der Waals surface area contributed by atoms with Gasteiger partial charge in [-0.15, -0.1) is 0 Å². The Balaban J connectivity index is 1.83. The van der Waals surface area contributed by atoms with Crippen LogP contribution >= 0.6 is 0 Å². The minimum Gasteiger partial charge on any atom is -0.272 e. The van der Waals surface area contributed by atoms with E-state index in [-0.39, 0.29) is 17.9 Å². The highest BCUT2D eigenvalue weighted by atomic mass is 19.1. The molecule has 3 rings (SSSR count). The van der Waals surface area contributed by atoms with Gasteiger partial charge in [0, 0.05) is 18.4 Å². The smallest absolute Gasteiger partial charge is 0.249 e. The van der Waals surface area contributed by atoms with Gasteiger partial charge in [0.1, 0.15) is 11.6 Å². The Labute approximate surface area is 110 Å². The van der Waals surface area contributed by atoms with Crippen LogP contribution in [0.15, 0.2) is 18.2 Å². The molecular formula is C14H15F2NO2. The zero-order valence-electron chi connectivity index (χ0n) is 10.4. The van der Waals surface area contributed by atoms with E-state index >= 15 is 0 Å². The summed E-state index contributed by atoms with van der Waals surface area (Å²) in [5, 5.41) is 1.32. The molecule has 2 aliphatic rings. The standard InChI is InChI=1S/C14H15F2NO2/c15-11-6-10(7-12(16)8-11)13-4-5-19-17(13)14(18)9-2-1-3-9/h6-9,13H,1-5H2. The zero-order valence-corrected chi connectivity index (χ0v) is 10.4. The summed E-state index contributed by atoms with van der Waals surface area (Å²) in [7, 11) is 0. The Kier molecular flexibility index (Phi) is 3.22. The molecule has 1 unspecified atom stereocenters. The summed E-state index contributed by atoms with van der Waals surface area (Å²) in [6.07, 6.45) is 3.39. The predicted molar refractivity (Wildman–Crippen MR) is 63.9 cm³/mol. The van der Waals surface area contributed by atoms with Crippen molar-refractivity contribution < 1.29 is 18.4 Å². The summed E-state index contributed by atoms with van der Waals surface area (Å²) >= 11 is 0. The van der Waals surface area contributed by atoms with E-state index in [1.54, 1.807) is 0 Å². The monoisotopic (exact) mass is 267 g/mol. The van der Waals surface area contributed by atoms with E-state index in [1.165, 1.54) is 17.2 Å². The number of halogens is 2. The van der Waals surface area contributed by atoms with Crippen molar-refractivity contribution in [3.05, 3.63) is 35.4 Å². The highest BCUT2D eigenvalue weighted by molar-refractivity contribution is 5.79. The maximum Gasteiger partial charge on any atom is 0.249 e. The topological polar surface area (TPSA) is 29.5 Å². The molecule has 1 aliphatic heterocycles. The molecule has 2 fully saturated rings. The lowest BCUT2D eigenvalue weighted by atomic mass is 9.84. The number of hydrogen-bond acceptors (Lipinski definition) is 2. The molecule has 0 bridgehead atoms. The lowest BCUT2D eigenvalue weighted by Crippen LogP contribution is -2.37. The van der Waals surface area contributed by atoms with Crippen LogP contribution in [-0.2, 0) is 9.63 Å². The van der Waals surface area contributed by atoms with Crippen LogP contribution in [0, 0.1) is 17.6 Å². The van der Waals surface area contributed by atoms with Crippen molar-refractivity contribution in [3.8, 4) is 0 Å². The van der Waals surface area contributed by atoms with Gasteiger partial charge in [0.25, 0.3) is 0 Å². The number of hydrogen-bond donors (Lipinski definition) is 0. The zero-order chi connectivity index (χ0) is 13.4. The molecule has 1 saturated carbocycles. The molecule has 1 aromatic rings. The first kappa shape index (κ1) is 12.5. The van der Waals surface area contributed by atoms with Crippen molar-refractivity contribution in [1.82, 2.24) is 5.06 Å². The third-order valence-electron chi connectivity index (χ3n) is 3.85. The van der Waals surface area contributed by atoms with Crippen LogP contribution in [0.2, 0.25) is 0 Å². The first-order chi connectivity index (χ1) is 9.15. The number of benzene rings is 1. The number of nitrogens with zero attached hydrogens (tertiary/aromatic N) is 1. The summed E-state index contributed by atoms with van der Waals surface area (Å²) < 4.78 is 26.5. The van der Waals surface area contributed by atoms with Gasteiger partial charge in [-0.1, -0.05) is 6.42 Å². The molecule has 0 radical (unpaired) electrons. The molecule has 1 aliphatic carbocycles. The first-order valence-electron chi connectivity index (χ1n) is 6.57. The molecule has 0 spiro atoms. The third-order valence-corrected chi connectivity index (χ3v) is 3.85. The molecular weight excluding hydrogens is 252 g/mol. The van der Waals surface area contributed by atoms with Crippen LogP contribution in [0.3, 0.4) is 0 Å². The van der Waals surface area contributed by atoms with Gasteiger partial charge in [0.05, 0.1) is 12.6 Å². The maximum atomic E-state index is 13.3. The van der Waals surface area contributed by atoms with E-state index in [9.17, 15) is 13.6 Å². The van der Waals surface area contributed by atoms with Gasteiger partial charge in [-0.2, -0.15) is 0 Å². The predicted octanol–water partition coefficient (Wildman–Crippen LogP) is 2.97. The van der Waals surface area contributed by atoms with Crippen LogP contribution in [-0.4, -0.2) is 17.6 Å². The maximum absolute atomic E-state index is 13.3. The van der Waals surface area contributed by atoms with Gasteiger partial charge < -0.3 is 0 Å². The van der Waals surface area contributed by atoms with Crippen LogP contribution in [0.1, 0.15) is 37.3 Å². The van der Waals surface area contributed by atoms with Gasteiger partial charge in [0.2, 0.25) is 5.91 Å². The molecule has 5 heteroatoms. The fraction of sp³-hybridized carbons (Fsp3) is 0.500. The molecule has 1 atom stereocenters. The van der Waals surface area contributed by atoms with Crippen molar-refractivity contribution >= 4 is 5.91 Å². The molecule has 102 valence electrons. The van der Waals surface area contributed by atoms with E-state index in [0.717, 1.165) is 25.3 Å². The highest BCUT2D eigenvalue weighted by Gasteiger charge is 2.37. The SMILES string of the molecule is O=C(C1CCC1)N1OCCC1c1cc(F)cc(F)c1. The lowest BCUT2D eigenvalue weighted by molar-refractivity contribution is -0.184. The van der Waals surface area contributed by atoms with Crippen LogP contribution in [0.25, 0.3) is 0 Å². The number of rotatable bonds is 2. The summed E-state index contributed by atoms with van der Waals surface area (Å²) in [5.41, 5.74) is 0.461.